The Hall–Kier alpha value is -2.81. The van der Waals surface area contributed by atoms with Gasteiger partial charge in [0.25, 0.3) is 5.56 Å². The van der Waals surface area contributed by atoms with Crippen molar-refractivity contribution in [3.8, 4) is 0 Å². The highest BCUT2D eigenvalue weighted by atomic mass is 32.2. The Morgan fingerprint density at radius 3 is 2.65 bits per heavy atom. The summed E-state index contributed by atoms with van der Waals surface area (Å²) in [5.74, 6) is -0.392. The molecule has 0 aliphatic heterocycles. The molecule has 8 nitrogen and oxygen atoms in total. The van der Waals surface area contributed by atoms with E-state index in [9.17, 15) is 14.4 Å². The topological polar surface area (TPSA) is 99.0 Å². The van der Waals surface area contributed by atoms with Crippen LogP contribution in [0.5, 0.6) is 0 Å². The molecule has 0 spiro atoms. The first-order chi connectivity index (χ1) is 12.4. The van der Waals surface area contributed by atoms with Gasteiger partial charge in [0.1, 0.15) is 5.25 Å². The highest BCUT2D eigenvalue weighted by molar-refractivity contribution is 8.00. The highest BCUT2D eigenvalue weighted by Crippen LogP contribution is 2.26. The molecule has 2 aromatic heterocycles. The number of nitrogens with zero attached hydrogens (tertiary/aromatic N) is 3. The number of esters is 1. The summed E-state index contributed by atoms with van der Waals surface area (Å²) in [5.41, 5.74) is 0.478. The molecule has 2 heterocycles. The van der Waals surface area contributed by atoms with Crippen LogP contribution in [0.2, 0.25) is 0 Å². The van der Waals surface area contributed by atoms with E-state index in [-0.39, 0.29) is 11.2 Å². The van der Waals surface area contributed by atoms with Gasteiger partial charge >= 0.3 is 11.7 Å². The minimum absolute atomic E-state index is 0.272. The first-order valence-corrected chi connectivity index (χ1v) is 8.78. The summed E-state index contributed by atoms with van der Waals surface area (Å²) in [7, 11) is 2.86. The lowest BCUT2D eigenvalue weighted by Crippen LogP contribution is -2.29. The Bertz CT molecular complexity index is 1070. The van der Waals surface area contributed by atoms with E-state index in [1.165, 1.54) is 23.4 Å². The number of fused-ring (bicyclic) bond motifs is 1. The number of methoxy groups -OCH3 is 1. The molecular formula is C17H18N4O4S. The smallest absolute Gasteiger partial charge is 0.329 e. The van der Waals surface area contributed by atoms with E-state index in [0.717, 1.165) is 5.56 Å². The lowest BCUT2D eigenvalue weighted by atomic mass is 10.2. The van der Waals surface area contributed by atoms with Gasteiger partial charge < -0.3 is 9.30 Å². The molecule has 0 saturated carbocycles. The normalized spacial score (nSPS) is 12.3. The van der Waals surface area contributed by atoms with Crippen LogP contribution in [0.25, 0.3) is 11.2 Å². The van der Waals surface area contributed by atoms with E-state index in [1.54, 1.807) is 18.5 Å². The zero-order chi connectivity index (χ0) is 18.8. The van der Waals surface area contributed by atoms with Crippen LogP contribution in [0.1, 0.15) is 12.5 Å². The van der Waals surface area contributed by atoms with E-state index < -0.39 is 22.5 Å². The third kappa shape index (κ3) is 3.30. The molecule has 1 atom stereocenters. The molecule has 0 aliphatic carbocycles. The summed E-state index contributed by atoms with van der Waals surface area (Å²) < 4.78 is 7.76. The Morgan fingerprint density at radius 2 is 2.00 bits per heavy atom. The van der Waals surface area contributed by atoms with E-state index >= 15 is 0 Å². The number of rotatable bonds is 5. The van der Waals surface area contributed by atoms with Crippen LogP contribution in [0.4, 0.5) is 0 Å². The fraction of sp³-hybridized carbons (Fsp3) is 0.294. The van der Waals surface area contributed by atoms with Gasteiger partial charge in [-0.1, -0.05) is 42.1 Å². The molecule has 0 amide bonds. The molecule has 0 bridgehead atoms. The predicted molar refractivity (Wildman–Crippen MR) is 98.5 cm³/mol. The van der Waals surface area contributed by atoms with E-state index in [2.05, 4.69) is 9.97 Å². The number of aromatic amines is 1. The average molecular weight is 374 g/mol. The summed E-state index contributed by atoms with van der Waals surface area (Å²) in [6.07, 6.45) is 0. The van der Waals surface area contributed by atoms with Crippen LogP contribution in [-0.2, 0) is 23.1 Å². The van der Waals surface area contributed by atoms with E-state index in [0.29, 0.717) is 11.7 Å². The molecule has 1 N–H and O–H groups in total. The first kappa shape index (κ1) is 18.0. The van der Waals surface area contributed by atoms with Crippen LogP contribution in [0, 0.1) is 0 Å². The van der Waals surface area contributed by atoms with Gasteiger partial charge in [0.2, 0.25) is 0 Å². The number of nitrogens with one attached hydrogen (secondary N) is 1. The zero-order valence-corrected chi connectivity index (χ0v) is 15.4. The molecule has 136 valence electrons. The Labute approximate surface area is 152 Å². The highest BCUT2D eigenvalue weighted by Gasteiger charge is 2.22. The lowest BCUT2D eigenvalue weighted by molar-refractivity contribution is -0.139. The molecular weight excluding hydrogens is 356 g/mol. The summed E-state index contributed by atoms with van der Waals surface area (Å²) in [6, 6.07) is 9.57. The minimum atomic E-state index is -0.538. The lowest BCUT2D eigenvalue weighted by Gasteiger charge is -2.11. The number of hydrogen-bond donors (Lipinski definition) is 1. The molecule has 9 heteroatoms. The summed E-state index contributed by atoms with van der Waals surface area (Å²) in [6.45, 7) is 2.08. The maximum Gasteiger partial charge on any atom is 0.329 e. The van der Waals surface area contributed by atoms with Gasteiger partial charge in [-0.05, 0) is 12.5 Å². The number of aryl methyl sites for hydroxylation is 1. The molecule has 0 aliphatic rings. The summed E-state index contributed by atoms with van der Waals surface area (Å²) in [4.78, 5) is 42.8. The number of carbonyl (C=O) groups excluding carboxylic acids is 1. The van der Waals surface area contributed by atoms with Crippen molar-refractivity contribution in [3.63, 3.8) is 0 Å². The van der Waals surface area contributed by atoms with Gasteiger partial charge in [-0.15, -0.1) is 0 Å². The number of thioether (sulfide) groups is 1. The third-order valence-corrected chi connectivity index (χ3v) is 5.04. The molecule has 3 aromatic rings. The SMILES string of the molecule is COC(=O)[C@H](C)Sc1nc2c(c(=O)[nH]c(=O)n2C)n1Cc1ccccc1. The van der Waals surface area contributed by atoms with Crippen molar-refractivity contribution in [1.82, 2.24) is 19.1 Å². The van der Waals surface area contributed by atoms with Gasteiger partial charge in [-0.25, -0.2) is 9.78 Å². The van der Waals surface area contributed by atoms with Gasteiger partial charge in [-0.2, -0.15) is 0 Å². The number of hydrogen-bond acceptors (Lipinski definition) is 6. The molecule has 3 rings (SSSR count). The minimum Gasteiger partial charge on any atom is -0.468 e. The monoisotopic (exact) mass is 374 g/mol. The van der Waals surface area contributed by atoms with E-state index in [4.69, 9.17) is 4.74 Å². The maximum atomic E-state index is 12.4. The predicted octanol–water partition coefficient (Wildman–Crippen LogP) is 1.13. The van der Waals surface area contributed by atoms with Crippen LogP contribution in [0.15, 0.2) is 45.1 Å². The average Bonchev–Trinajstić information content (AvgIpc) is 2.98. The van der Waals surface area contributed by atoms with Crippen molar-refractivity contribution in [2.75, 3.05) is 7.11 Å². The van der Waals surface area contributed by atoms with Gasteiger partial charge in [0.15, 0.2) is 16.3 Å². The number of carbonyl (C=O) groups is 1. The quantitative estimate of drug-likeness (QED) is 0.531. The van der Waals surface area contributed by atoms with Crippen molar-refractivity contribution in [3.05, 3.63) is 56.7 Å². The number of aromatic nitrogens is 4. The molecule has 26 heavy (non-hydrogen) atoms. The van der Waals surface area contributed by atoms with E-state index in [1.807, 2.05) is 30.3 Å². The number of ether oxygens (including phenoxy) is 1. The molecule has 0 unspecified atom stereocenters. The van der Waals surface area contributed by atoms with Gasteiger partial charge in [0, 0.05) is 7.05 Å². The second kappa shape index (κ2) is 7.20. The molecule has 1 aromatic carbocycles. The molecule has 0 fully saturated rings. The summed E-state index contributed by atoms with van der Waals surface area (Å²) >= 11 is 1.18. The fourth-order valence-corrected chi connectivity index (χ4v) is 3.52. The number of imidazole rings is 1. The molecule has 0 saturated heterocycles. The van der Waals surface area contributed by atoms with Gasteiger partial charge in [0.05, 0.1) is 13.7 Å². The first-order valence-electron chi connectivity index (χ1n) is 7.90. The van der Waals surface area contributed by atoms with Crippen LogP contribution < -0.4 is 11.2 Å². The van der Waals surface area contributed by atoms with Crippen molar-refractivity contribution in [1.29, 1.82) is 0 Å². The maximum absolute atomic E-state index is 12.4. The fourth-order valence-electron chi connectivity index (χ4n) is 2.59. The second-order valence-electron chi connectivity index (χ2n) is 5.74. The van der Waals surface area contributed by atoms with Crippen LogP contribution in [-0.4, -0.2) is 37.4 Å². The molecule has 0 radical (unpaired) electrons. The standard InChI is InChI=1S/C17H18N4O4S/c1-10(15(23)25-3)26-17-18-13-12(14(22)19-16(24)20(13)2)21(17)9-11-7-5-4-6-8-11/h4-8,10H,9H2,1-3H3,(H,19,22,24)/t10-/m0/s1. The Balaban J connectivity index is 2.19. The van der Waals surface area contributed by atoms with Crippen molar-refractivity contribution < 1.29 is 9.53 Å². The Kier molecular flexibility index (Phi) is 4.99. The van der Waals surface area contributed by atoms with Crippen molar-refractivity contribution in [2.45, 2.75) is 23.9 Å². The van der Waals surface area contributed by atoms with Crippen molar-refractivity contribution in [2.24, 2.45) is 7.05 Å². The number of H-pyrrole nitrogens is 1. The van der Waals surface area contributed by atoms with Crippen LogP contribution in [0.3, 0.4) is 0 Å². The number of benzene rings is 1. The van der Waals surface area contributed by atoms with Crippen molar-refractivity contribution >= 4 is 28.9 Å². The zero-order valence-electron chi connectivity index (χ0n) is 14.6. The third-order valence-electron chi connectivity index (χ3n) is 3.97. The Morgan fingerprint density at radius 1 is 1.31 bits per heavy atom. The summed E-state index contributed by atoms with van der Waals surface area (Å²) in [5, 5.41) is -0.0455. The second-order valence-corrected chi connectivity index (χ2v) is 7.05. The van der Waals surface area contributed by atoms with Gasteiger partial charge in [-0.3, -0.25) is 19.1 Å². The largest absolute Gasteiger partial charge is 0.468 e. The van der Waals surface area contributed by atoms with Crippen LogP contribution >= 0.6 is 11.8 Å².